The van der Waals surface area contributed by atoms with Crippen molar-refractivity contribution in [2.75, 3.05) is 20.1 Å². The molecule has 22 heavy (non-hydrogen) atoms. The van der Waals surface area contributed by atoms with Gasteiger partial charge < -0.3 is 14.3 Å². The molecule has 2 aliphatic rings. The number of carbonyl (C=O) groups is 1. The summed E-state index contributed by atoms with van der Waals surface area (Å²) in [6.45, 7) is 3.91. The fraction of sp³-hybridized carbons (Fsp3) is 0.750. The molecule has 2 fully saturated rings. The molecule has 0 spiro atoms. The SMILES string of the molecule is Cc1noc(Cl)c1CCC(=O)N1CCC[C@H]1[C@H]1CCCN1C. The molecule has 0 radical (unpaired) electrons. The zero-order valence-corrected chi connectivity index (χ0v) is 14.1. The fourth-order valence-corrected chi connectivity index (χ4v) is 4.21. The number of hydrogen-bond donors (Lipinski definition) is 0. The highest BCUT2D eigenvalue weighted by Gasteiger charge is 2.38. The maximum Gasteiger partial charge on any atom is 0.229 e. The number of aryl methyl sites for hydroxylation is 1. The van der Waals surface area contributed by atoms with Crippen LogP contribution < -0.4 is 0 Å². The van der Waals surface area contributed by atoms with Crippen molar-refractivity contribution < 1.29 is 9.32 Å². The van der Waals surface area contributed by atoms with E-state index < -0.39 is 0 Å². The Labute approximate surface area is 136 Å². The maximum atomic E-state index is 12.7. The molecule has 0 bridgehead atoms. The molecular formula is C16H24ClN3O2. The summed E-state index contributed by atoms with van der Waals surface area (Å²) in [5, 5.41) is 4.16. The minimum atomic E-state index is 0.236. The van der Waals surface area contributed by atoms with E-state index in [1.54, 1.807) is 0 Å². The first-order valence-corrected chi connectivity index (χ1v) is 8.56. The highest BCUT2D eigenvalue weighted by molar-refractivity contribution is 6.29. The Hall–Kier alpha value is -1.07. The molecule has 0 aliphatic carbocycles. The quantitative estimate of drug-likeness (QED) is 0.854. The first-order chi connectivity index (χ1) is 10.6. The predicted octanol–water partition coefficient (Wildman–Crippen LogP) is 2.65. The van der Waals surface area contributed by atoms with Gasteiger partial charge in [-0.15, -0.1) is 0 Å². The van der Waals surface area contributed by atoms with Gasteiger partial charge in [-0.3, -0.25) is 4.79 Å². The summed E-state index contributed by atoms with van der Waals surface area (Å²) in [5.41, 5.74) is 1.65. The number of amides is 1. The van der Waals surface area contributed by atoms with Gasteiger partial charge in [-0.1, -0.05) is 5.16 Å². The smallest absolute Gasteiger partial charge is 0.229 e. The Bertz CT molecular complexity index is 526. The predicted molar refractivity (Wildman–Crippen MR) is 85.0 cm³/mol. The van der Waals surface area contributed by atoms with E-state index in [0.29, 0.717) is 30.1 Å². The third kappa shape index (κ3) is 3.01. The van der Waals surface area contributed by atoms with Crippen molar-refractivity contribution in [1.29, 1.82) is 0 Å². The lowest BCUT2D eigenvalue weighted by Crippen LogP contribution is -2.47. The average Bonchev–Trinajstić information content (AvgIpc) is 3.18. The van der Waals surface area contributed by atoms with Crippen molar-refractivity contribution >= 4 is 17.5 Å². The van der Waals surface area contributed by atoms with Crippen molar-refractivity contribution in [3.05, 3.63) is 16.5 Å². The zero-order valence-electron chi connectivity index (χ0n) is 13.3. The van der Waals surface area contributed by atoms with Gasteiger partial charge in [0.05, 0.1) is 5.69 Å². The molecule has 3 heterocycles. The van der Waals surface area contributed by atoms with Gasteiger partial charge in [-0.05, 0) is 64.2 Å². The Morgan fingerprint density at radius 1 is 1.32 bits per heavy atom. The van der Waals surface area contributed by atoms with E-state index in [9.17, 15) is 4.79 Å². The topological polar surface area (TPSA) is 49.6 Å². The molecule has 2 atom stereocenters. The van der Waals surface area contributed by atoms with Gasteiger partial charge in [0.2, 0.25) is 11.1 Å². The van der Waals surface area contributed by atoms with E-state index in [1.165, 1.54) is 12.8 Å². The number of nitrogens with zero attached hydrogens (tertiary/aromatic N) is 3. The van der Waals surface area contributed by atoms with E-state index in [0.717, 1.165) is 37.2 Å². The lowest BCUT2D eigenvalue weighted by Gasteiger charge is -2.33. The molecule has 1 amide bonds. The third-order valence-electron chi connectivity index (χ3n) is 5.17. The Morgan fingerprint density at radius 3 is 2.68 bits per heavy atom. The average molecular weight is 326 g/mol. The van der Waals surface area contributed by atoms with E-state index in [1.807, 2.05) is 6.92 Å². The molecule has 2 aliphatic heterocycles. The number of hydrogen-bond acceptors (Lipinski definition) is 4. The molecule has 122 valence electrons. The van der Waals surface area contributed by atoms with Crippen molar-refractivity contribution in [1.82, 2.24) is 15.0 Å². The van der Waals surface area contributed by atoms with Crippen LogP contribution in [0.3, 0.4) is 0 Å². The second kappa shape index (κ2) is 6.59. The summed E-state index contributed by atoms with van der Waals surface area (Å²) in [4.78, 5) is 17.2. The van der Waals surface area contributed by atoms with E-state index in [4.69, 9.17) is 16.1 Å². The molecule has 1 aromatic rings. The second-order valence-corrected chi connectivity index (χ2v) is 6.85. The summed E-state index contributed by atoms with van der Waals surface area (Å²) in [5.74, 6) is 0.236. The number of carbonyl (C=O) groups excluding carboxylic acids is 1. The first-order valence-electron chi connectivity index (χ1n) is 8.18. The van der Waals surface area contributed by atoms with Crippen molar-refractivity contribution in [2.45, 2.75) is 57.5 Å². The van der Waals surface area contributed by atoms with Crippen molar-refractivity contribution in [2.24, 2.45) is 0 Å². The van der Waals surface area contributed by atoms with Gasteiger partial charge in [-0.25, -0.2) is 0 Å². The molecule has 0 saturated carbocycles. The van der Waals surface area contributed by atoms with Crippen LogP contribution in [0.2, 0.25) is 5.22 Å². The van der Waals surface area contributed by atoms with Gasteiger partial charge >= 0.3 is 0 Å². The van der Waals surface area contributed by atoms with Crippen LogP contribution in [-0.4, -0.2) is 53.1 Å². The highest BCUT2D eigenvalue weighted by atomic mass is 35.5. The van der Waals surface area contributed by atoms with Gasteiger partial charge in [0.15, 0.2) is 0 Å². The van der Waals surface area contributed by atoms with Crippen LogP contribution in [0, 0.1) is 6.92 Å². The van der Waals surface area contributed by atoms with Crippen LogP contribution in [0.5, 0.6) is 0 Å². The van der Waals surface area contributed by atoms with Crippen LogP contribution >= 0.6 is 11.6 Å². The molecular weight excluding hydrogens is 302 g/mol. The third-order valence-corrected chi connectivity index (χ3v) is 5.46. The molecule has 0 aromatic carbocycles. The molecule has 5 nitrogen and oxygen atoms in total. The fourth-order valence-electron chi connectivity index (χ4n) is 3.94. The van der Waals surface area contributed by atoms with Crippen LogP contribution in [0.15, 0.2) is 4.52 Å². The Balaban J connectivity index is 1.61. The van der Waals surface area contributed by atoms with E-state index >= 15 is 0 Å². The number of likely N-dealkylation sites (N-methyl/N-ethyl adjacent to an activating group) is 1. The zero-order chi connectivity index (χ0) is 15.7. The lowest BCUT2D eigenvalue weighted by molar-refractivity contribution is -0.132. The minimum absolute atomic E-state index is 0.236. The van der Waals surface area contributed by atoms with E-state index in [2.05, 4.69) is 22.0 Å². The Kier molecular flexibility index (Phi) is 4.73. The molecule has 1 aromatic heterocycles. The lowest BCUT2D eigenvalue weighted by atomic mass is 10.0. The van der Waals surface area contributed by atoms with E-state index in [-0.39, 0.29) is 5.91 Å². The molecule has 2 saturated heterocycles. The van der Waals surface area contributed by atoms with Crippen LogP contribution in [0.4, 0.5) is 0 Å². The monoisotopic (exact) mass is 325 g/mol. The summed E-state index contributed by atoms with van der Waals surface area (Å²) in [7, 11) is 2.18. The first kappa shape index (κ1) is 15.8. The number of aromatic nitrogens is 1. The van der Waals surface area contributed by atoms with Gasteiger partial charge in [0.25, 0.3) is 0 Å². The van der Waals surface area contributed by atoms with Crippen molar-refractivity contribution in [3.63, 3.8) is 0 Å². The van der Waals surface area contributed by atoms with Gasteiger partial charge in [0, 0.05) is 30.6 Å². The second-order valence-electron chi connectivity index (χ2n) is 6.51. The maximum absolute atomic E-state index is 12.7. The normalized spacial score (nSPS) is 26.0. The van der Waals surface area contributed by atoms with Crippen LogP contribution in [0.25, 0.3) is 0 Å². The minimum Gasteiger partial charge on any atom is -0.344 e. The highest BCUT2D eigenvalue weighted by Crippen LogP contribution is 2.30. The van der Waals surface area contributed by atoms with Crippen LogP contribution in [0.1, 0.15) is 43.4 Å². The molecule has 0 N–H and O–H groups in total. The standard InChI is InChI=1S/C16H24ClN3O2/c1-11-12(16(17)22-18-11)7-8-15(21)20-10-4-6-14(20)13-5-3-9-19(13)2/h13-14H,3-10H2,1-2H3/t13-,14+/m1/s1. The molecule has 0 unspecified atom stereocenters. The van der Waals surface area contributed by atoms with Crippen molar-refractivity contribution in [3.8, 4) is 0 Å². The van der Waals surface area contributed by atoms with Gasteiger partial charge in [0.1, 0.15) is 0 Å². The largest absolute Gasteiger partial charge is 0.344 e. The summed E-state index contributed by atoms with van der Waals surface area (Å²) in [6, 6.07) is 0.923. The molecule has 3 rings (SSSR count). The summed E-state index contributed by atoms with van der Waals surface area (Å²) < 4.78 is 4.95. The number of rotatable bonds is 4. The number of halogens is 1. The molecule has 6 heteroatoms. The summed E-state index contributed by atoms with van der Waals surface area (Å²) >= 11 is 5.98. The Morgan fingerprint density at radius 2 is 2.05 bits per heavy atom. The summed E-state index contributed by atoms with van der Waals surface area (Å²) in [6.07, 6.45) is 5.80. The number of likely N-dealkylation sites (tertiary alicyclic amines) is 2. The van der Waals surface area contributed by atoms with Crippen LogP contribution in [-0.2, 0) is 11.2 Å². The van der Waals surface area contributed by atoms with Gasteiger partial charge in [-0.2, -0.15) is 0 Å².